The van der Waals surface area contributed by atoms with E-state index < -0.39 is 0 Å². The predicted octanol–water partition coefficient (Wildman–Crippen LogP) is 1.34. The average molecular weight is 272 g/mol. The molecule has 0 saturated heterocycles. The van der Waals surface area contributed by atoms with Crippen LogP contribution in [0.25, 0.3) is 0 Å². The summed E-state index contributed by atoms with van der Waals surface area (Å²) >= 11 is 0. The molecule has 0 aliphatic carbocycles. The fourth-order valence-electron chi connectivity index (χ4n) is 1.81. The molecular weight excluding hydrogens is 252 g/mol. The minimum Gasteiger partial charge on any atom is -0.371 e. The number of guanidine groups is 1. The fourth-order valence-corrected chi connectivity index (χ4v) is 1.81. The molecule has 0 heterocycles. The van der Waals surface area contributed by atoms with Crippen LogP contribution in [0.4, 0.5) is 5.69 Å². The molecule has 0 saturated carbocycles. The Balaban J connectivity index is 2.89. The number of benzene rings is 1. The lowest BCUT2D eigenvalue weighted by molar-refractivity contribution is 0.826. The number of aryl methyl sites for hydroxylation is 1. The molecule has 0 fully saturated rings. The van der Waals surface area contributed by atoms with Gasteiger partial charge in [-0.15, -0.1) is 5.10 Å². The monoisotopic (exact) mass is 272 g/mol. The van der Waals surface area contributed by atoms with E-state index in [4.69, 9.17) is 16.7 Å². The minimum absolute atomic E-state index is 0.0656. The standard InChI is InChI=1S/C14H20N6/c1-3-20(8-4-7-15)13-6-5-12(11(2)9-13)10-18-19-14(16)17/h5-6,9-10H,3-4,8H2,1-2H3,(H4,16,17,19)/b18-10+. The van der Waals surface area contributed by atoms with Crippen molar-refractivity contribution in [2.45, 2.75) is 20.3 Å². The van der Waals surface area contributed by atoms with Gasteiger partial charge in [-0.2, -0.15) is 10.4 Å². The molecule has 1 aromatic rings. The maximum Gasteiger partial charge on any atom is 0.211 e. The van der Waals surface area contributed by atoms with Gasteiger partial charge < -0.3 is 16.4 Å². The molecule has 1 rings (SSSR count). The highest BCUT2D eigenvalue weighted by atomic mass is 15.3. The highest BCUT2D eigenvalue weighted by molar-refractivity contribution is 5.83. The SMILES string of the molecule is CCN(CCC#N)c1ccc(/C=N/N=C(N)N)c(C)c1. The first-order chi connectivity index (χ1) is 9.58. The molecule has 0 radical (unpaired) electrons. The predicted molar refractivity (Wildman–Crippen MR) is 82.7 cm³/mol. The van der Waals surface area contributed by atoms with Gasteiger partial charge in [-0.25, -0.2) is 0 Å². The van der Waals surface area contributed by atoms with Gasteiger partial charge in [0.2, 0.25) is 5.96 Å². The molecular formula is C14H20N6. The summed E-state index contributed by atoms with van der Waals surface area (Å²) in [6.07, 6.45) is 2.13. The molecule has 4 N–H and O–H groups in total. The Bertz CT molecular complexity index is 537. The van der Waals surface area contributed by atoms with Gasteiger partial charge in [-0.3, -0.25) is 0 Å². The van der Waals surface area contributed by atoms with Gasteiger partial charge >= 0.3 is 0 Å². The van der Waals surface area contributed by atoms with Crippen molar-refractivity contribution in [2.24, 2.45) is 21.7 Å². The van der Waals surface area contributed by atoms with Gasteiger partial charge in [0, 0.05) is 18.8 Å². The summed E-state index contributed by atoms with van der Waals surface area (Å²) in [5.41, 5.74) is 13.5. The Kier molecular flexibility index (Phi) is 6.04. The molecule has 0 unspecified atom stereocenters. The minimum atomic E-state index is -0.0656. The van der Waals surface area contributed by atoms with Crippen LogP contribution >= 0.6 is 0 Å². The van der Waals surface area contributed by atoms with Gasteiger partial charge in [-0.1, -0.05) is 6.07 Å². The second-order valence-electron chi connectivity index (χ2n) is 4.30. The summed E-state index contributed by atoms with van der Waals surface area (Å²) in [6.45, 7) is 5.66. The molecule has 0 aliphatic heterocycles. The quantitative estimate of drug-likeness (QED) is 0.463. The summed E-state index contributed by atoms with van der Waals surface area (Å²) < 4.78 is 0. The second kappa shape index (κ2) is 7.79. The number of anilines is 1. The van der Waals surface area contributed by atoms with Crippen LogP contribution in [0.15, 0.2) is 28.4 Å². The van der Waals surface area contributed by atoms with Crippen molar-refractivity contribution in [1.29, 1.82) is 5.26 Å². The third-order valence-electron chi connectivity index (χ3n) is 2.86. The van der Waals surface area contributed by atoms with Gasteiger partial charge in [0.15, 0.2) is 0 Å². The molecule has 1 aromatic carbocycles. The lowest BCUT2D eigenvalue weighted by Crippen LogP contribution is -2.23. The van der Waals surface area contributed by atoms with E-state index in [9.17, 15) is 0 Å². The highest BCUT2D eigenvalue weighted by Gasteiger charge is 2.05. The Hall–Kier alpha value is -2.55. The van der Waals surface area contributed by atoms with Gasteiger partial charge in [0.1, 0.15) is 0 Å². The number of nitriles is 1. The van der Waals surface area contributed by atoms with E-state index in [0.717, 1.165) is 29.9 Å². The third kappa shape index (κ3) is 4.61. The molecule has 6 nitrogen and oxygen atoms in total. The zero-order valence-corrected chi connectivity index (χ0v) is 11.9. The molecule has 20 heavy (non-hydrogen) atoms. The van der Waals surface area contributed by atoms with Crippen LogP contribution in [-0.4, -0.2) is 25.3 Å². The molecule has 0 atom stereocenters. The van der Waals surface area contributed by atoms with Crippen LogP contribution in [-0.2, 0) is 0 Å². The first kappa shape index (κ1) is 15.5. The van der Waals surface area contributed by atoms with Crippen molar-refractivity contribution in [2.75, 3.05) is 18.0 Å². The van der Waals surface area contributed by atoms with Crippen molar-refractivity contribution in [3.05, 3.63) is 29.3 Å². The van der Waals surface area contributed by atoms with Crippen LogP contribution in [0.1, 0.15) is 24.5 Å². The van der Waals surface area contributed by atoms with E-state index in [1.54, 1.807) is 6.21 Å². The number of hydrogen-bond acceptors (Lipinski definition) is 4. The van der Waals surface area contributed by atoms with Crippen LogP contribution in [0.5, 0.6) is 0 Å². The lowest BCUT2D eigenvalue weighted by Gasteiger charge is -2.22. The van der Waals surface area contributed by atoms with Crippen LogP contribution in [0, 0.1) is 18.3 Å². The molecule has 106 valence electrons. The van der Waals surface area contributed by atoms with E-state index in [-0.39, 0.29) is 5.96 Å². The van der Waals surface area contributed by atoms with Gasteiger partial charge in [-0.05, 0) is 37.1 Å². The highest BCUT2D eigenvalue weighted by Crippen LogP contribution is 2.18. The number of nitrogens with zero attached hydrogens (tertiary/aromatic N) is 4. The third-order valence-corrected chi connectivity index (χ3v) is 2.86. The van der Waals surface area contributed by atoms with E-state index in [1.165, 1.54) is 0 Å². The maximum absolute atomic E-state index is 8.67. The van der Waals surface area contributed by atoms with Crippen molar-refractivity contribution < 1.29 is 0 Å². The van der Waals surface area contributed by atoms with E-state index in [1.807, 2.05) is 19.1 Å². The Morgan fingerprint density at radius 1 is 1.45 bits per heavy atom. The summed E-state index contributed by atoms with van der Waals surface area (Å²) in [5.74, 6) is -0.0656. The lowest BCUT2D eigenvalue weighted by atomic mass is 10.1. The zero-order valence-electron chi connectivity index (χ0n) is 11.9. The van der Waals surface area contributed by atoms with Crippen molar-refractivity contribution >= 4 is 17.9 Å². The maximum atomic E-state index is 8.67. The Labute approximate surface area is 119 Å². The fraction of sp³-hybridized carbons (Fsp3) is 0.357. The molecule has 0 bridgehead atoms. The van der Waals surface area contributed by atoms with E-state index in [2.05, 4.69) is 34.2 Å². The van der Waals surface area contributed by atoms with Crippen molar-refractivity contribution in [3.8, 4) is 6.07 Å². The number of nitrogens with two attached hydrogens (primary N) is 2. The average Bonchev–Trinajstić information content (AvgIpc) is 2.41. The first-order valence-electron chi connectivity index (χ1n) is 6.43. The number of hydrogen-bond donors (Lipinski definition) is 2. The number of rotatable bonds is 6. The molecule has 6 heteroatoms. The Morgan fingerprint density at radius 2 is 2.20 bits per heavy atom. The topological polar surface area (TPSA) is 104 Å². The molecule has 0 amide bonds. The largest absolute Gasteiger partial charge is 0.371 e. The van der Waals surface area contributed by atoms with Crippen molar-refractivity contribution in [1.82, 2.24) is 0 Å². The van der Waals surface area contributed by atoms with Crippen LogP contribution in [0.2, 0.25) is 0 Å². The Morgan fingerprint density at radius 3 is 2.75 bits per heavy atom. The smallest absolute Gasteiger partial charge is 0.211 e. The molecule has 0 spiro atoms. The molecule has 0 aromatic heterocycles. The summed E-state index contributed by atoms with van der Waals surface area (Å²) in [7, 11) is 0. The molecule has 0 aliphatic rings. The van der Waals surface area contributed by atoms with Crippen molar-refractivity contribution in [3.63, 3.8) is 0 Å². The van der Waals surface area contributed by atoms with Crippen LogP contribution in [0.3, 0.4) is 0 Å². The summed E-state index contributed by atoms with van der Waals surface area (Å²) in [5, 5.41) is 16.0. The zero-order chi connectivity index (χ0) is 15.0. The van der Waals surface area contributed by atoms with Crippen LogP contribution < -0.4 is 16.4 Å². The summed E-state index contributed by atoms with van der Waals surface area (Å²) in [4.78, 5) is 2.16. The second-order valence-corrected chi connectivity index (χ2v) is 4.30. The normalized spacial score (nSPS) is 10.2. The van der Waals surface area contributed by atoms with E-state index in [0.29, 0.717) is 6.42 Å². The first-order valence-corrected chi connectivity index (χ1v) is 6.43. The summed E-state index contributed by atoms with van der Waals surface area (Å²) in [6, 6.07) is 8.20. The van der Waals surface area contributed by atoms with Gasteiger partial charge in [0.05, 0.1) is 18.7 Å². The van der Waals surface area contributed by atoms with E-state index >= 15 is 0 Å². The van der Waals surface area contributed by atoms with Gasteiger partial charge in [0.25, 0.3) is 0 Å².